The predicted octanol–water partition coefficient (Wildman–Crippen LogP) is 1.09. The molecule has 0 unspecified atom stereocenters. The van der Waals surface area contributed by atoms with Crippen LogP contribution in [0.15, 0.2) is 34.3 Å². The average Bonchev–Trinajstić information content (AvgIpc) is 3.09. The molecular weight excluding hydrogens is 350 g/mol. The van der Waals surface area contributed by atoms with Crippen molar-refractivity contribution in [1.29, 1.82) is 0 Å². The molecule has 1 atom stereocenters. The molecule has 0 spiro atoms. The topological polar surface area (TPSA) is 111 Å². The molecule has 1 aliphatic rings. The lowest BCUT2D eigenvalue weighted by atomic mass is 10.1. The quantitative estimate of drug-likeness (QED) is 0.393. The minimum Gasteiger partial charge on any atom is -0.476 e. The fourth-order valence-electron chi connectivity index (χ4n) is 2.27. The summed E-state index contributed by atoms with van der Waals surface area (Å²) in [4.78, 5) is 16.7. The molecule has 1 N–H and O–H groups in total. The lowest BCUT2D eigenvalue weighted by molar-refractivity contribution is -0.129. The molecule has 0 aromatic heterocycles. The van der Waals surface area contributed by atoms with Gasteiger partial charge in [0.15, 0.2) is 21.7 Å². The van der Waals surface area contributed by atoms with Crippen LogP contribution >= 0.6 is 0 Å². The molecule has 0 radical (unpaired) electrons. The Morgan fingerprint density at radius 3 is 2.64 bits per heavy atom. The van der Waals surface area contributed by atoms with Crippen molar-refractivity contribution in [2.75, 3.05) is 32.7 Å². The molecular formula is C16H21NO7S. The third-order valence-electron chi connectivity index (χ3n) is 3.63. The maximum absolute atomic E-state index is 12.2. The summed E-state index contributed by atoms with van der Waals surface area (Å²) < 4.78 is 34.3. The molecule has 1 heterocycles. The van der Waals surface area contributed by atoms with Gasteiger partial charge in [0, 0.05) is 25.7 Å². The predicted molar refractivity (Wildman–Crippen MR) is 89.5 cm³/mol. The fraction of sp³-hybridized carbons (Fsp3) is 0.500. The molecule has 0 saturated carbocycles. The Kier molecular flexibility index (Phi) is 6.91. The van der Waals surface area contributed by atoms with Gasteiger partial charge in [-0.1, -0.05) is 17.3 Å². The first-order chi connectivity index (χ1) is 11.9. The summed E-state index contributed by atoms with van der Waals surface area (Å²) in [6.07, 6.45) is 0.768. The van der Waals surface area contributed by atoms with E-state index >= 15 is 0 Å². The first-order valence-corrected chi connectivity index (χ1v) is 9.46. The van der Waals surface area contributed by atoms with E-state index in [0.29, 0.717) is 32.7 Å². The number of aliphatic carboxylic acids is 1. The van der Waals surface area contributed by atoms with Crippen LogP contribution in [0.3, 0.4) is 0 Å². The number of hydrogen-bond donors (Lipinski definition) is 1. The number of hydrogen-bond acceptors (Lipinski definition) is 7. The van der Waals surface area contributed by atoms with E-state index in [0.717, 1.165) is 0 Å². The summed E-state index contributed by atoms with van der Waals surface area (Å²) in [6.45, 7) is 1.28. The van der Waals surface area contributed by atoms with Crippen LogP contribution in [0.5, 0.6) is 0 Å². The highest BCUT2D eigenvalue weighted by Crippen LogP contribution is 2.15. The van der Waals surface area contributed by atoms with Crippen LogP contribution < -0.4 is 0 Å². The molecule has 0 aliphatic carbocycles. The van der Waals surface area contributed by atoms with Crippen molar-refractivity contribution in [3.8, 4) is 0 Å². The summed E-state index contributed by atoms with van der Waals surface area (Å²) in [7, 11) is -1.93. The second-order valence-electron chi connectivity index (χ2n) is 5.53. The minimum absolute atomic E-state index is 0.0369. The monoisotopic (exact) mass is 371 g/mol. The highest BCUT2D eigenvalue weighted by atomic mass is 32.2. The summed E-state index contributed by atoms with van der Waals surface area (Å²) in [5, 5.41) is 13.0. The number of sulfone groups is 1. The van der Waals surface area contributed by atoms with Crippen molar-refractivity contribution in [2.24, 2.45) is 5.16 Å². The Balaban J connectivity index is 2.12. The smallest absolute Gasteiger partial charge is 0.358 e. The number of carboxylic acid groups (broad SMARTS) is 1. The van der Waals surface area contributed by atoms with E-state index in [1.165, 1.54) is 31.4 Å². The van der Waals surface area contributed by atoms with Gasteiger partial charge in [-0.15, -0.1) is 0 Å². The molecule has 8 nitrogen and oxygen atoms in total. The number of rotatable bonds is 9. The van der Waals surface area contributed by atoms with Crippen molar-refractivity contribution in [3.05, 3.63) is 29.8 Å². The van der Waals surface area contributed by atoms with Gasteiger partial charge in [0.2, 0.25) is 0 Å². The van der Waals surface area contributed by atoms with Crippen molar-refractivity contribution >= 4 is 21.5 Å². The Morgan fingerprint density at radius 2 is 2.08 bits per heavy atom. The summed E-state index contributed by atoms with van der Waals surface area (Å²) in [5.41, 5.74) is -0.0162. The van der Waals surface area contributed by atoms with Crippen LogP contribution in [0.25, 0.3) is 0 Å². The molecule has 1 aromatic carbocycles. The molecule has 1 saturated heterocycles. The Bertz CT molecular complexity index is 707. The van der Waals surface area contributed by atoms with E-state index in [-0.39, 0.29) is 28.0 Å². The van der Waals surface area contributed by atoms with Crippen LogP contribution in [0, 0.1) is 0 Å². The first-order valence-electron chi connectivity index (χ1n) is 7.81. The highest BCUT2D eigenvalue weighted by Gasteiger charge is 2.20. The Labute approximate surface area is 146 Å². The molecule has 0 amide bonds. The summed E-state index contributed by atoms with van der Waals surface area (Å²) in [5.74, 6) is -1.29. The summed E-state index contributed by atoms with van der Waals surface area (Å²) in [6, 6.07) is 5.55. The molecule has 0 bridgehead atoms. The van der Waals surface area contributed by atoms with Gasteiger partial charge < -0.3 is 19.4 Å². The van der Waals surface area contributed by atoms with Crippen molar-refractivity contribution in [1.82, 2.24) is 0 Å². The molecule has 9 heteroatoms. The fourth-order valence-corrected chi connectivity index (χ4v) is 3.55. The zero-order valence-electron chi connectivity index (χ0n) is 13.9. The first kappa shape index (κ1) is 19.4. The zero-order valence-corrected chi connectivity index (χ0v) is 14.7. The van der Waals surface area contributed by atoms with E-state index in [1.807, 2.05) is 0 Å². The van der Waals surface area contributed by atoms with E-state index in [2.05, 4.69) is 5.16 Å². The van der Waals surface area contributed by atoms with Crippen LogP contribution in [-0.4, -0.2) is 64.0 Å². The van der Waals surface area contributed by atoms with E-state index in [9.17, 15) is 18.3 Å². The van der Waals surface area contributed by atoms with E-state index in [1.54, 1.807) is 0 Å². The number of carbonyl (C=O) groups is 1. The second kappa shape index (κ2) is 8.93. The van der Waals surface area contributed by atoms with Crippen LogP contribution in [-0.2, 0) is 28.9 Å². The Morgan fingerprint density at radius 1 is 1.36 bits per heavy atom. The number of ether oxygens (including phenoxy) is 2. The van der Waals surface area contributed by atoms with Gasteiger partial charge in [0.05, 0.1) is 23.9 Å². The third-order valence-corrected chi connectivity index (χ3v) is 5.45. The van der Waals surface area contributed by atoms with Gasteiger partial charge in [0.25, 0.3) is 0 Å². The lowest BCUT2D eigenvalue weighted by Gasteiger charge is -2.08. The van der Waals surface area contributed by atoms with Gasteiger partial charge in [-0.3, -0.25) is 0 Å². The van der Waals surface area contributed by atoms with E-state index < -0.39 is 15.8 Å². The lowest BCUT2D eigenvalue weighted by Crippen LogP contribution is -2.18. The standard InChI is InChI=1S/C16H21NO7S/c1-22-8-2-10-25(20,21)14-5-3-12(4-6-14)15(16(18)19)17-24-13-7-9-23-11-13/h3-6,13H,2,7-11H2,1H3,(H,18,19)/t13-/m1/s1. The van der Waals surface area contributed by atoms with E-state index in [4.69, 9.17) is 14.3 Å². The van der Waals surface area contributed by atoms with Gasteiger partial charge in [-0.25, -0.2) is 13.2 Å². The normalized spacial score (nSPS) is 18.3. The molecule has 1 fully saturated rings. The number of benzene rings is 1. The average molecular weight is 371 g/mol. The largest absolute Gasteiger partial charge is 0.476 e. The molecule has 1 aromatic rings. The number of carboxylic acids is 1. The van der Waals surface area contributed by atoms with Crippen molar-refractivity contribution < 1.29 is 32.6 Å². The molecule has 138 valence electrons. The summed E-state index contributed by atoms with van der Waals surface area (Å²) >= 11 is 0. The second-order valence-corrected chi connectivity index (χ2v) is 7.63. The molecule has 25 heavy (non-hydrogen) atoms. The number of methoxy groups -OCH3 is 1. The van der Waals surface area contributed by atoms with Crippen LogP contribution in [0.4, 0.5) is 0 Å². The van der Waals surface area contributed by atoms with Gasteiger partial charge in [0.1, 0.15) is 0 Å². The zero-order chi connectivity index (χ0) is 18.3. The van der Waals surface area contributed by atoms with Gasteiger partial charge >= 0.3 is 5.97 Å². The molecule has 2 rings (SSSR count). The molecule has 1 aliphatic heterocycles. The third kappa shape index (κ3) is 5.52. The van der Waals surface area contributed by atoms with Crippen molar-refractivity contribution in [2.45, 2.75) is 23.8 Å². The maximum atomic E-state index is 12.2. The number of nitrogens with zero attached hydrogens (tertiary/aromatic N) is 1. The van der Waals surface area contributed by atoms with Crippen LogP contribution in [0.1, 0.15) is 18.4 Å². The number of oxime groups is 1. The van der Waals surface area contributed by atoms with Crippen molar-refractivity contribution in [3.63, 3.8) is 0 Å². The Hall–Kier alpha value is -1.97. The minimum atomic E-state index is -3.44. The maximum Gasteiger partial charge on any atom is 0.358 e. The highest BCUT2D eigenvalue weighted by molar-refractivity contribution is 7.91. The van der Waals surface area contributed by atoms with Gasteiger partial charge in [-0.2, -0.15) is 0 Å². The van der Waals surface area contributed by atoms with Gasteiger partial charge in [-0.05, 0) is 18.6 Å². The SMILES string of the molecule is COCCCS(=O)(=O)c1ccc(C(=NO[C@@H]2CCOC2)C(=O)O)cc1. The van der Waals surface area contributed by atoms with Crippen LogP contribution in [0.2, 0.25) is 0 Å².